The van der Waals surface area contributed by atoms with Crippen molar-refractivity contribution in [1.29, 1.82) is 0 Å². The van der Waals surface area contributed by atoms with Gasteiger partial charge in [-0.1, -0.05) is 11.6 Å². The highest BCUT2D eigenvalue weighted by atomic mass is 79.9. The van der Waals surface area contributed by atoms with Gasteiger partial charge in [0, 0.05) is 12.0 Å². The highest BCUT2D eigenvalue weighted by molar-refractivity contribution is 9.10. The SMILES string of the molecule is C=C(C)CCC(=O)c1ccc(Br)c(F)c1. The van der Waals surface area contributed by atoms with Crippen LogP contribution in [-0.4, -0.2) is 5.78 Å². The molecule has 0 spiro atoms. The third kappa shape index (κ3) is 3.59. The van der Waals surface area contributed by atoms with Gasteiger partial charge in [-0.2, -0.15) is 0 Å². The van der Waals surface area contributed by atoms with E-state index in [1.807, 2.05) is 6.92 Å². The van der Waals surface area contributed by atoms with Crippen LogP contribution < -0.4 is 0 Å². The molecule has 0 aliphatic rings. The molecule has 0 N–H and O–H groups in total. The van der Waals surface area contributed by atoms with Crippen molar-refractivity contribution >= 4 is 21.7 Å². The highest BCUT2D eigenvalue weighted by Gasteiger charge is 2.08. The summed E-state index contributed by atoms with van der Waals surface area (Å²) < 4.78 is 13.5. The van der Waals surface area contributed by atoms with Gasteiger partial charge in [0.05, 0.1) is 4.47 Å². The smallest absolute Gasteiger partial charge is 0.163 e. The largest absolute Gasteiger partial charge is 0.294 e. The van der Waals surface area contributed by atoms with E-state index in [1.165, 1.54) is 6.07 Å². The monoisotopic (exact) mass is 270 g/mol. The van der Waals surface area contributed by atoms with Crippen LogP contribution in [0.1, 0.15) is 30.1 Å². The van der Waals surface area contributed by atoms with Gasteiger partial charge in [-0.15, -0.1) is 6.58 Å². The first kappa shape index (κ1) is 12.1. The Hall–Kier alpha value is -0.960. The molecule has 0 fully saturated rings. The summed E-state index contributed by atoms with van der Waals surface area (Å²) in [6.45, 7) is 5.59. The molecule has 1 aromatic carbocycles. The van der Waals surface area contributed by atoms with Crippen LogP contribution in [0.3, 0.4) is 0 Å². The van der Waals surface area contributed by atoms with Crippen LogP contribution in [0.2, 0.25) is 0 Å². The quantitative estimate of drug-likeness (QED) is 0.594. The minimum atomic E-state index is -0.406. The van der Waals surface area contributed by atoms with Gasteiger partial charge in [-0.3, -0.25) is 4.79 Å². The molecule has 0 aliphatic heterocycles. The van der Waals surface area contributed by atoms with Crippen molar-refractivity contribution < 1.29 is 9.18 Å². The molecule has 0 aliphatic carbocycles. The molecular weight excluding hydrogens is 259 g/mol. The number of hydrogen-bond acceptors (Lipinski definition) is 1. The van der Waals surface area contributed by atoms with E-state index in [4.69, 9.17) is 0 Å². The molecule has 0 unspecified atom stereocenters. The van der Waals surface area contributed by atoms with E-state index in [-0.39, 0.29) is 5.78 Å². The second-order valence-electron chi connectivity index (χ2n) is 3.51. The summed E-state index contributed by atoms with van der Waals surface area (Å²) in [7, 11) is 0. The van der Waals surface area contributed by atoms with Crippen molar-refractivity contribution in [2.24, 2.45) is 0 Å². The van der Waals surface area contributed by atoms with Crippen LogP contribution >= 0.6 is 15.9 Å². The van der Waals surface area contributed by atoms with E-state index in [0.29, 0.717) is 22.9 Å². The Balaban J connectivity index is 2.74. The summed E-state index contributed by atoms with van der Waals surface area (Å²) >= 11 is 3.04. The van der Waals surface area contributed by atoms with Crippen LogP contribution in [0.5, 0.6) is 0 Å². The summed E-state index contributed by atoms with van der Waals surface area (Å²) in [6.07, 6.45) is 1.03. The first-order valence-corrected chi connectivity index (χ1v) is 5.42. The van der Waals surface area contributed by atoms with Gasteiger partial charge in [0.2, 0.25) is 0 Å². The summed E-state index contributed by atoms with van der Waals surface area (Å²) in [5.74, 6) is -0.458. The Morgan fingerprint density at radius 3 is 2.67 bits per heavy atom. The van der Waals surface area contributed by atoms with Gasteiger partial charge in [0.15, 0.2) is 5.78 Å². The van der Waals surface area contributed by atoms with E-state index in [0.717, 1.165) is 5.57 Å². The van der Waals surface area contributed by atoms with Crippen LogP contribution in [-0.2, 0) is 0 Å². The van der Waals surface area contributed by atoms with Gasteiger partial charge in [0.25, 0.3) is 0 Å². The number of allylic oxidation sites excluding steroid dienone is 1. The Bertz CT molecular complexity index is 399. The van der Waals surface area contributed by atoms with Crippen LogP contribution in [0.4, 0.5) is 4.39 Å². The van der Waals surface area contributed by atoms with Crippen molar-refractivity contribution in [2.45, 2.75) is 19.8 Å². The van der Waals surface area contributed by atoms with Gasteiger partial charge in [-0.25, -0.2) is 4.39 Å². The minimum absolute atomic E-state index is 0.0515. The van der Waals surface area contributed by atoms with Gasteiger partial charge >= 0.3 is 0 Å². The van der Waals surface area contributed by atoms with Crippen molar-refractivity contribution in [3.63, 3.8) is 0 Å². The van der Waals surface area contributed by atoms with Crippen molar-refractivity contribution in [1.82, 2.24) is 0 Å². The number of benzene rings is 1. The zero-order chi connectivity index (χ0) is 11.4. The molecule has 80 valence electrons. The summed E-state index contributed by atoms with van der Waals surface area (Å²) in [6, 6.07) is 4.42. The maximum absolute atomic E-state index is 13.1. The number of carbonyl (C=O) groups is 1. The van der Waals surface area contributed by atoms with Crippen LogP contribution in [0.15, 0.2) is 34.8 Å². The molecule has 0 bridgehead atoms. The number of carbonyl (C=O) groups excluding carboxylic acids is 1. The fourth-order valence-corrected chi connectivity index (χ4v) is 1.39. The van der Waals surface area contributed by atoms with E-state index >= 15 is 0 Å². The predicted molar refractivity (Wildman–Crippen MR) is 62.5 cm³/mol. The van der Waals surface area contributed by atoms with Gasteiger partial charge in [-0.05, 0) is 41.4 Å². The van der Waals surface area contributed by atoms with Crippen molar-refractivity contribution in [2.75, 3.05) is 0 Å². The minimum Gasteiger partial charge on any atom is -0.294 e. The molecule has 0 aromatic heterocycles. The van der Waals surface area contributed by atoms with Gasteiger partial charge in [0.1, 0.15) is 5.82 Å². The Labute approximate surface area is 97.1 Å². The number of rotatable bonds is 4. The summed E-state index contributed by atoms with van der Waals surface area (Å²) in [5, 5.41) is 0. The average Bonchev–Trinajstić information content (AvgIpc) is 2.18. The number of hydrogen-bond donors (Lipinski definition) is 0. The third-order valence-electron chi connectivity index (χ3n) is 2.02. The van der Waals surface area contributed by atoms with E-state index in [9.17, 15) is 9.18 Å². The van der Waals surface area contributed by atoms with Crippen molar-refractivity contribution in [3.8, 4) is 0 Å². The van der Waals surface area contributed by atoms with Crippen LogP contribution in [0, 0.1) is 5.82 Å². The maximum Gasteiger partial charge on any atom is 0.163 e. The molecule has 0 saturated heterocycles. The molecule has 0 saturated carbocycles. The predicted octanol–water partition coefficient (Wildman–Crippen LogP) is 4.13. The molecule has 0 radical (unpaired) electrons. The molecule has 1 aromatic rings. The zero-order valence-electron chi connectivity index (χ0n) is 8.52. The van der Waals surface area contributed by atoms with E-state index in [2.05, 4.69) is 22.5 Å². The topological polar surface area (TPSA) is 17.1 Å². The second kappa shape index (κ2) is 5.21. The standard InChI is InChI=1S/C12H12BrFO/c1-8(2)3-6-12(15)9-4-5-10(13)11(14)7-9/h4-5,7H,1,3,6H2,2H3. The molecule has 15 heavy (non-hydrogen) atoms. The summed E-state index contributed by atoms with van der Waals surface area (Å²) in [5.41, 5.74) is 1.37. The Morgan fingerprint density at radius 2 is 2.13 bits per heavy atom. The third-order valence-corrected chi connectivity index (χ3v) is 2.66. The molecule has 0 atom stereocenters. The molecule has 0 heterocycles. The lowest BCUT2D eigenvalue weighted by molar-refractivity contribution is 0.0982. The Morgan fingerprint density at radius 1 is 1.47 bits per heavy atom. The molecule has 0 amide bonds. The highest BCUT2D eigenvalue weighted by Crippen LogP contribution is 2.18. The lowest BCUT2D eigenvalue weighted by atomic mass is 10.0. The number of ketones is 1. The first-order valence-electron chi connectivity index (χ1n) is 4.63. The fourth-order valence-electron chi connectivity index (χ4n) is 1.14. The number of Topliss-reactive ketones (excluding diaryl/α,β-unsaturated/α-hetero) is 1. The number of halogens is 2. The molecule has 1 rings (SSSR count). The zero-order valence-corrected chi connectivity index (χ0v) is 10.1. The maximum atomic E-state index is 13.1. The Kier molecular flexibility index (Phi) is 4.21. The summed E-state index contributed by atoms with van der Waals surface area (Å²) in [4.78, 5) is 11.6. The normalized spacial score (nSPS) is 10.1. The molecular formula is C12H12BrFO. The second-order valence-corrected chi connectivity index (χ2v) is 4.36. The lowest BCUT2D eigenvalue weighted by Gasteiger charge is -2.02. The van der Waals surface area contributed by atoms with Crippen molar-refractivity contribution in [3.05, 3.63) is 46.2 Å². The lowest BCUT2D eigenvalue weighted by Crippen LogP contribution is -1.99. The van der Waals surface area contributed by atoms with E-state index < -0.39 is 5.82 Å². The van der Waals surface area contributed by atoms with Gasteiger partial charge < -0.3 is 0 Å². The average molecular weight is 271 g/mol. The first-order chi connectivity index (χ1) is 7.00. The molecule has 1 nitrogen and oxygen atoms in total. The molecule has 3 heteroatoms. The van der Waals surface area contributed by atoms with E-state index in [1.54, 1.807) is 12.1 Å². The fraction of sp³-hybridized carbons (Fsp3) is 0.250. The van der Waals surface area contributed by atoms with Crippen LogP contribution in [0.25, 0.3) is 0 Å².